The number of benzene rings is 1. The van der Waals surface area contributed by atoms with Gasteiger partial charge in [-0.05, 0) is 34.9 Å². The third kappa shape index (κ3) is 3.72. The summed E-state index contributed by atoms with van der Waals surface area (Å²) in [7, 11) is 1.82. The molecular formula is C20H25N7O2. The van der Waals surface area contributed by atoms with Gasteiger partial charge in [0.25, 0.3) is 0 Å². The van der Waals surface area contributed by atoms with Gasteiger partial charge in [0.1, 0.15) is 12.4 Å². The largest absolute Gasteiger partial charge is 0.361 e. The Morgan fingerprint density at radius 3 is 2.79 bits per heavy atom. The van der Waals surface area contributed by atoms with E-state index in [-0.39, 0.29) is 30.3 Å². The summed E-state index contributed by atoms with van der Waals surface area (Å²) in [6, 6.07) is 8.18. The number of hydrogen-bond acceptors (Lipinski definition) is 5. The topological polar surface area (TPSA) is 100 Å². The Bertz CT molecular complexity index is 1030. The van der Waals surface area contributed by atoms with Crippen molar-refractivity contribution in [1.82, 2.24) is 35.0 Å². The molecule has 1 saturated heterocycles. The standard InChI is InChI=1S/C20H25N7O2/c1-13(17-9-21-18-7-5-4-6-16(17)18)8-19(28)25(3)15-10-26(11-15)20(29)12-27-14(2)22-23-24-27/h4-7,9,13,15,21H,8,10-12H2,1-3H3. The minimum atomic E-state index is -0.0374. The van der Waals surface area contributed by atoms with E-state index in [1.165, 1.54) is 4.68 Å². The molecule has 152 valence electrons. The van der Waals surface area contributed by atoms with Gasteiger partial charge in [-0.15, -0.1) is 5.10 Å². The number of nitrogens with zero attached hydrogens (tertiary/aromatic N) is 6. The third-order valence-corrected chi connectivity index (χ3v) is 5.79. The lowest BCUT2D eigenvalue weighted by molar-refractivity contribution is -0.146. The summed E-state index contributed by atoms with van der Waals surface area (Å²) in [5.41, 5.74) is 2.24. The molecule has 4 rings (SSSR count). The van der Waals surface area contributed by atoms with Crippen LogP contribution in [0, 0.1) is 6.92 Å². The van der Waals surface area contributed by atoms with Gasteiger partial charge in [-0.3, -0.25) is 9.59 Å². The zero-order chi connectivity index (χ0) is 20.5. The lowest BCUT2D eigenvalue weighted by Gasteiger charge is -2.44. The van der Waals surface area contributed by atoms with Crippen molar-refractivity contribution < 1.29 is 9.59 Å². The summed E-state index contributed by atoms with van der Waals surface area (Å²) in [4.78, 5) is 31.9. The Morgan fingerprint density at radius 1 is 1.31 bits per heavy atom. The maximum Gasteiger partial charge on any atom is 0.244 e. The van der Waals surface area contributed by atoms with Crippen LogP contribution in [0.25, 0.3) is 10.9 Å². The highest BCUT2D eigenvalue weighted by Crippen LogP contribution is 2.28. The Morgan fingerprint density at radius 2 is 2.07 bits per heavy atom. The fraction of sp³-hybridized carbons (Fsp3) is 0.450. The van der Waals surface area contributed by atoms with E-state index in [4.69, 9.17) is 0 Å². The summed E-state index contributed by atoms with van der Waals surface area (Å²) in [6.45, 7) is 5.05. The molecule has 3 heterocycles. The van der Waals surface area contributed by atoms with Crippen molar-refractivity contribution in [2.75, 3.05) is 20.1 Å². The normalized spacial score (nSPS) is 15.3. The van der Waals surface area contributed by atoms with Gasteiger partial charge in [-0.25, -0.2) is 4.68 Å². The van der Waals surface area contributed by atoms with Gasteiger partial charge >= 0.3 is 0 Å². The number of carbonyl (C=O) groups is 2. The van der Waals surface area contributed by atoms with E-state index in [0.717, 1.165) is 16.5 Å². The molecule has 3 aromatic rings. The first kappa shape index (κ1) is 19.1. The molecule has 0 radical (unpaired) electrons. The molecule has 2 amide bonds. The zero-order valence-electron chi connectivity index (χ0n) is 16.9. The number of carbonyl (C=O) groups excluding carboxylic acids is 2. The van der Waals surface area contributed by atoms with Gasteiger partial charge in [0, 0.05) is 43.7 Å². The summed E-state index contributed by atoms with van der Waals surface area (Å²) < 4.78 is 1.48. The second kappa shape index (κ2) is 7.65. The second-order valence-electron chi connectivity index (χ2n) is 7.74. The molecule has 2 aromatic heterocycles. The fourth-order valence-corrected chi connectivity index (χ4v) is 3.75. The number of tetrazole rings is 1. The summed E-state index contributed by atoms with van der Waals surface area (Å²) in [5.74, 6) is 0.775. The van der Waals surface area contributed by atoms with E-state index in [9.17, 15) is 9.59 Å². The number of aryl methyl sites for hydroxylation is 1. The van der Waals surface area contributed by atoms with Crippen LogP contribution in [-0.4, -0.2) is 73.0 Å². The monoisotopic (exact) mass is 395 g/mol. The van der Waals surface area contributed by atoms with Crippen molar-refractivity contribution in [3.05, 3.63) is 41.9 Å². The number of fused-ring (bicyclic) bond motifs is 1. The van der Waals surface area contributed by atoms with Gasteiger partial charge < -0.3 is 14.8 Å². The smallest absolute Gasteiger partial charge is 0.244 e. The van der Waals surface area contributed by atoms with Gasteiger partial charge in [0.2, 0.25) is 11.8 Å². The van der Waals surface area contributed by atoms with Crippen LogP contribution in [0.3, 0.4) is 0 Å². The first-order valence-electron chi connectivity index (χ1n) is 9.76. The minimum absolute atomic E-state index is 0.0374. The number of likely N-dealkylation sites (N-methyl/N-ethyl adjacent to an activating group) is 1. The molecule has 0 saturated carbocycles. The summed E-state index contributed by atoms with van der Waals surface area (Å²) in [6.07, 6.45) is 2.43. The number of rotatable bonds is 6. The molecule has 1 fully saturated rings. The van der Waals surface area contributed by atoms with Crippen LogP contribution in [0.4, 0.5) is 0 Å². The van der Waals surface area contributed by atoms with Crippen molar-refractivity contribution in [3.63, 3.8) is 0 Å². The van der Waals surface area contributed by atoms with Gasteiger partial charge in [-0.1, -0.05) is 25.1 Å². The first-order valence-corrected chi connectivity index (χ1v) is 9.76. The highest BCUT2D eigenvalue weighted by molar-refractivity contribution is 5.85. The predicted molar refractivity (Wildman–Crippen MR) is 107 cm³/mol. The number of nitrogens with one attached hydrogen (secondary N) is 1. The maximum atomic E-state index is 12.8. The molecule has 1 aliphatic rings. The first-order chi connectivity index (χ1) is 13.9. The van der Waals surface area contributed by atoms with Gasteiger partial charge in [-0.2, -0.15) is 0 Å². The highest BCUT2D eigenvalue weighted by atomic mass is 16.2. The van der Waals surface area contributed by atoms with E-state index in [2.05, 4.69) is 33.5 Å². The molecule has 0 bridgehead atoms. The van der Waals surface area contributed by atoms with E-state index in [0.29, 0.717) is 25.3 Å². The molecule has 1 unspecified atom stereocenters. The number of amides is 2. The fourth-order valence-electron chi connectivity index (χ4n) is 3.75. The van der Waals surface area contributed by atoms with Crippen LogP contribution in [0.15, 0.2) is 30.5 Å². The van der Waals surface area contributed by atoms with Crippen LogP contribution in [0.5, 0.6) is 0 Å². The molecule has 0 aliphatic carbocycles. The Hall–Kier alpha value is -3.23. The highest BCUT2D eigenvalue weighted by Gasteiger charge is 2.35. The number of hydrogen-bond donors (Lipinski definition) is 1. The van der Waals surface area contributed by atoms with Crippen LogP contribution >= 0.6 is 0 Å². The van der Waals surface area contributed by atoms with Crippen LogP contribution in [0.1, 0.15) is 30.7 Å². The molecule has 9 nitrogen and oxygen atoms in total. The van der Waals surface area contributed by atoms with E-state index >= 15 is 0 Å². The summed E-state index contributed by atoms with van der Waals surface area (Å²) in [5, 5.41) is 12.3. The minimum Gasteiger partial charge on any atom is -0.361 e. The van der Waals surface area contributed by atoms with Crippen LogP contribution < -0.4 is 0 Å². The summed E-state index contributed by atoms with van der Waals surface area (Å²) >= 11 is 0. The number of aromatic nitrogens is 5. The maximum absolute atomic E-state index is 12.8. The molecule has 0 spiro atoms. The van der Waals surface area contributed by atoms with Crippen LogP contribution in [-0.2, 0) is 16.1 Å². The third-order valence-electron chi connectivity index (χ3n) is 5.79. The Kier molecular flexibility index (Phi) is 5.04. The molecule has 29 heavy (non-hydrogen) atoms. The van der Waals surface area contributed by atoms with E-state index < -0.39 is 0 Å². The Labute approximate surface area is 168 Å². The van der Waals surface area contributed by atoms with E-state index in [1.807, 2.05) is 31.4 Å². The van der Waals surface area contributed by atoms with Gasteiger partial charge in [0.05, 0.1) is 6.04 Å². The number of aromatic amines is 1. The molecule has 1 atom stereocenters. The molecule has 1 N–H and O–H groups in total. The van der Waals surface area contributed by atoms with Crippen LogP contribution in [0.2, 0.25) is 0 Å². The van der Waals surface area contributed by atoms with E-state index in [1.54, 1.807) is 16.7 Å². The lowest BCUT2D eigenvalue weighted by atomic mass is 9.96. The van der Waals surface area contributed by atoms with Crippen molar-refractivity contribution >= 4 is 22.7 Å². The van der Waals surface area contributed by atoms with Gasteiger partial charge in [0.15, 0.2) is 0 Å². The van der Waals surface area contributed by atoms with Crippen molar-refractivity contribution in [3.8, 4) is 0 Å². The number of para-hydroxylation sites is 1. The number of likely N-dealkylation sites (tertiary alicyclic amines) is 1. The molecule has 1 aromatic carbocycles. The average molecular weight is 395 g/mol. The molecule has 9 heteroatoms. The van der Waals surface area contributed by atoms with Crippen molar-refractivity contribution in [1.29, 1.82) is 0 Å². The molecule has 1 aliphatic heterocycles. The van der Waals surface area contributed by atoms with Crippen molar-refractivity contribution in [2.45, 2.75) is 38.8 Å². The second-order valence-corrected chi connectivity index (χ2v) is 7.74. The average Bonchev–Trinajstić information content (AvgIpc) is 3.26. The Balaban J connectivity index is 1.30. The zero-order valence-corrected chi connectivity index (χ0v) is 16.9. The lowest BCUT2D eigenvalue weighted by Crippen LogP contribution is -2.61. The molecular weight excluding hydrogens is 370 g/mol. The number of H-pyrrole nitrogens is 1. The van der Waals surface area contributed by atoms with Crippen molar-refractivity contribution in [2.24, 2.45) is 0 Å². The SMILES string of the molecule is Cc1nnnn1CC(=O)N1CC(N(C)C(=O)CC(C)c2c[nH]c3ccccc23)C1. The quantitative estimate of drug-likeness (QED) is 0.679. The predicted octanol–water partition coefficient (Wildman–Crippen LogP) is 1.33.